The Bertz CT molecular complexity index is 2100. The van der Waals surface area contributed by atoms with Crippen molar-refractivity contribution in [3.63, 3.8) is 0 Å². The Labute approximate surface area is 401 Å². The highest BCUT2D eigenvalue weighted by molar-refractivity contribution is 8.17. The lowest BCUT2D eigenvalue weighted by Gasteiger charge is -2.31. The second-order valence-electron chi connectivity index (χ2n) is 16.8. The molecular weight excluding hydrogens is 895 g/mol. The van der Waals surface area contributed by atoms with Gasteiger partial charge in [0.2, 0.25) is 0 Å². The van der Waals surface area contributed by atoms with Crippen LogP contribution in [0.2, 0.25) is 0 Å². The van der Waals surface area contributed by atoms with Crippen LogP contribution in [0.15, 0.2) is 97.1 Å². The maximum absolute atomic E-state index is 12.7. The third-order valence-corrected chi connectivity index (χ3v) is 17.6. The SMILES string of the molecule is Cc1ccc(C(=O)N2CCC(CC(=O)COc3ccc(C4SCCCS4)cc3)CC2)cc1.Cc1ccc(C(=O)N2CCC(N)CC2)cc1.O=C(O)COc1ccc(C2SCCCS2)cc1. The number of ether oxygens (including phenoxy) is 2. The van der Waals surface area contributed by atoms with E-state index < -0.39 is 5.97 Å². The van der Waals surface area contributed by atoms with E-state index >= 15 is 0 Å². The minimum absolute atomic E-state index is 0.0894. The van der Waals surface area contributed by atoms with Gasteiger partial charge in [-0.25, -0.2) is 4.79 Å². The molecule has 4 aromatic rings. The predicted molar refractivity (Wildman–Crippen MR) is 270 cm³/mol. The fourth-order valence-corrected chi connectivity index (χ4v) is 13.5. The summed E-state index contributed by atoms with van der Waals surface area (Å²) in [6, 6.07) is 31.7. The van der Waals surface area contributed by atoms with E-state index in [4.69, 9.17) is 20.3 Å². The van der Waals surface area contributed by atoms with Gasteiger partial charge in [-0.1, -0.05) is 59.7 Å². The maximum atomic E-state index is 12.7. The van der Waals surface area contributed by atoms with Crippen molar-refractivity contribution >= 4 is 70.6 Å². The normalized spacial score (nSPS) is 17.5. The number of thioether (sulfide) groups is 4. The number of hydrogen-bond acceptors (Lipinski definition) is 11. The number of piperidine rings is 2. The molecule has 4 aromatic carbocycles. The molecule has 0 saturated carbocycles. The second kappa shape index (κ2) is 26.3. The fraction of sp³-hybridized carbons (Fsp3) is 0.451. The van der Waals surface area contributed by atoms with E-state index in [1.165, 1.54) is 52.5 Å². The Kier molecular flexibility index (Phi) is 20.4. The summed E-state index contributed by atoms with van der Waals surface area (Å²) in [6.07, 6.45) is 6.67. The molecule has 348 valence electrons. The Morgan fingerprint density at radius 3 is 1.35 bits per heavy atom. The van der Waals surface area contributed by atoms with E-state index in [2.05, 4.69) is 12.1 Å². The molecule has 4 saturated heterocycles. The van der Waals surface area contributed by atoms with Crippen molar-refractivity contribution in [2.45, 2.75) is 74.0 Å². The molecule has 0 aliphatic carbocycles. The molecule has 4 aliphatic heterocycles. The van der Waals surface area contributed by atoms with Gasteiger partial charge in [-0.3, -0.25) is 14.4 Å². The lowest BCUT2D eigenvalue weighted by molar-refractivity contribution is -0.139. The summed E-state index contributed by atoms with van der Waals surface area (Å²) < 4.78 is 11.9. The van der Waals surface area contributed by atoms with Crippen molar-refractivity contribution in [2.75, 3.05) is 62.4 Å². The number of ketones is 1. The molecule has 0 bridgehead atoms. The number of carbonyl (C=O) groups excluding carboxylic acids is 3. The number of carbonyl (C=O) groups is 4. The summed E-state index contributed by atoms with van der Waals surface area (Å²) in [5.74, 6) is 5.99. The summed E-state index contributed by atoms with van der Waals surface area (Å²) in [6.45, 7) is 6.87. The number of aryl methyl sites for hydroxylation is 2. The summed E-state index contributed by atoms with van der Waals surface area (Å²) in [5, 5.41) is 8.50. The Hall–Kier alpha value is -4.08. The third-order valence-electron chi connectivity index (χ3n) is 11.6. The first-order valence-corrected chi connectivity index (χ1v) is 26.8. The molecule has 4 heterocycles. The molecule has 14 heteroatoms. The first-order valence-electron chi connectivity index (χ1n) is 22.6. The molecule has 8 rings (SSSR count). The molecule has 0 atom stereocenters. The van der Waals surface area contributed by atoms with E-state index in [0.717, 1.165) is 61.2 Å². The van der Waals surface area contributed by atoms with Gasteiger partial charge in [0.25, 0.3) is 11.8 Å². The number of aliphatic carboxylic acids is 1. The number of likely N-dealkylation sites (tertiary alicyclic amines) is 2. The number of Topliss-reactive ketones (excluding diaryl/α,β-unsaturated/α-hetero) is 1. The molecule has 0 radical (unpaired) electrons. The molecule has 0 spiro atoms. The van der Waals surface area contributed by atoms with Crippen molar-refractivity contribution in [1.82, 2.24) is 9.80 Å². The van der Waals surface area contributed by atoms with Crippen LogP contribution in [0.4, 0.5) is 0 Å². The van der Waals surface area contributed by atoms with Gasteiger partial charge in [0.1, 0.15) is 18.1 Å². The molecule has 4 fully saturated rings. The number of hydrogen-bond donors (Lipinski definition) is 2. The fourth-order valence-electron chi connectivity index (χ4n) is 7.69. The molecule has 2 amide bonds. The number of nitrogens with zero attached hydrogens (tertiary/aromatic N) is 2. The number of benzene rings is 4. The summed E-state index contributed by atoms with van der Waals surface area (Å²) in [7, 11) is 0. The first-order chi connectivity index (χ1) is 31.5. The van der Waals surface area contributed by atoms with Gasteiger partial charge in [0.15, 0.2) is 12.4 Å². The summed E-state index contributed by atoms with van der Waals surface area (Å²) in [4.78, 5) is 51.4. The average molecular weight is 958 g/mol. The van der Waals surface area contributed by atoms with Gasteiger partial charge in [-0.15, -0.1) is 47.0 Å². The van der Waals surface area contributed by atoms with Gasteiger partial charge in [-0.2, -0.15) is 0 Å². The Morgan fingerprint density at radius 2 is 0.954 bits per heavy atom. The lowest BCUT2D eigenvalue weighted by Crippen LogP contribution is -2.42. The highest BCUT2D eigenvalue weighted by Crippen LogP contribution is 2.44. The van der Waals surface area contributed by atoms with E-state index in [1.807, 2.05) is 156 Å². The molecule has 0 unspecified atom stereocenters. The molecule has 4 aliphatic rings. The van der Waals surface area contributed by atoms with Gasteiger partial charge >= 0.3 is 5.97 Å². The van der Waals surface area contributed by atoms with Crippen LogP contribution in [0, 0.1) is 19.8 Å². The zero-order chi connectivity index (χ0) is 46.0. The monoisotopic (exact) mass is 957 g/mol. The van der Waals surface area contributed by atoms with Crippen molar-refractivity contribution in [3.8, 4) is 11.5 Å². The van der Waals surface area contributed by atoms with Gasteiger partial charge in [-0.05, 0) is 141 Å². The first kappa shape index (κ1) is 50.3. The molecule has 0 aromatic heterocycles. The van der Waals surface area contributed by atoms with Crippen LogP contribution in [0.3, 0.4) is 0 Å². The van der Waals surface area contributed by atoms with Crippen LogP contribution in [0.5, 0.6) is 11.5 Å². The highest BCUT2D eigenvalue weighted by atomic mass is 32.2. The smallest absolute Gasteiger partial charge is 0.341 e. The summed E-state index contributed by atoms with van der Waals surface area (Å²) in [5.41, 5.74) is 12.3. The van der Waals surface area contributed by atoms with Crippen LogP contribution < -0.4 is 15.2 Å². The maximum Gasteiger partial charge on any atom is 0.341 e. The van der Waals surface area contributed by atoms with E-state index in [9.17, 15) is 19.2 Å². The van der Waals surface area contributed by atoms with Crippen LogP contribution in [0.1, 0.15) is 97.1 Å². The number of carboxylic acids is 1. The molecule has 10 nitrogen and oxygen atoms in total. The average Bonchev–Trinajstić information content (AvgIpc) is 3.34. The Balaban J connectivity index is 0.000000178. The minimum Gasteiger partial charge on any atom is -0.486 e. The quantitative estimate of drug-likeness (QED) is 0.140. The zero-order valence-electron chi connectivity index (χ0n) is 37.6. The van der Waals surface area contributed by atoms with Crippen LogP contribution in [0.25, 0.3) is 0 Å². The summed E-state index contributed by atoms with van der Waals surface area (Å²) >= 11 is 7.95. The third kappa shape index (κ3) is 16.6. The van der Waals surface area contributed by atoms with E-state index in [1.54, 1.807) is 0 Å². The van der Waals surface area contributed by atoms with Crippen molar-refractivity contribution in [3.05, 3.63) is 130 Å². The Morgan fingerprint density at radius 1 is 0.569 bits per heavy atom. The van der Waals surface area contributed by atoms with Crippen LogP contribution in [-0.2, 0) is 9.59 Å². The minimum atomic E-state index is -0.951. The number of carboxylic acid groups (broad SMARTS) is 1. The van der Waals surface area contributed by atoms with Gasteiger partial charge in [0, 0.05) is 49.8 Å². The van der Waals surface area contributed by atoms with Gasteiger partial charge in [0.05, 0.1) is 9.16 Å². The van der Waals surface area contributed by atoms with Crippen molar-refractivity contribution in [2.24, 2.45) is 11.7 Å². The molecule has 65 heavy (non-hydrogen) atoms. The molecule has 3 N–H and O–H groups in total. The number of amides is 2. The zero-order valence-corrected chi connectivity index (χ0v) is 40.8. The lowest BCUT2D eigenvalue weighted by atomic mass is 9.91. The van der Waals surface area contributed by atoms with Gasteiger partial charge < -0.3 is 30.1 Å². The van der Waals surface area contributed by atoms with E-state index in [0.29, 0.717) is 40.3 Å². The van der Waals surface area contributed by atoms with E-state index in [-0.39, 0.29) is 36.9 Å². The highest BCUT2D eigenvalue weighted by Gasteiger charge is 2.26. The number of nitrogens with two attached hydrogens (primary N) is 1. The van der Waals surface area contributed by atoms with Crippen molar-refractivity contribution < 1.29 is 33.8 Å². The largest absolute Gasteiger partial charge is 0.486 e. The number of rotatable bonds is 12. The second-order valence-corrected chi connectivity index (χ2v) is 22.3. The molecular formula is C51H63N3O7S4. The van der Waals surface area contributed by atoms with Crippen molar-refractivity contribution in [1.29, 1.82) is 0 Å². The standard InChI is InChI=1S/C26H31NO3S2.C13H18N2O.C12H14O3S2/c1-19-3-5-21(6-4-19)25(29)27-13-11-20(12-14-27)17-23(28)18-30-24-9-7-22(8-10-24)26-31-15-2-16-32-26;1-10-2-4-11(5-3-10)13(16)15-8-6-12(14)7-9-15;13-11(14)8-15-10-4-2-9(3-5-10)12-16-6-1-7-17-12/h3-10,20,26H,2,11-18H2,1H3;2-5,12H,6-9,14H2,1H3;2-5,12H,1,6-8H2,(H,13,14). The van der Waals surface area contributed by atoms with Crippen LogP contribution >= 0.6 is 47.0 Å². The predicted octanol–water partition coefficient (Wildman–Crippen LogP) is 10.3. The topological polar surface area (TPSA) is 139 Å². The van der Waals surface area contributed by atoms with Crippen LogP contribution in [-0.4, -0.2) is 107 Å².